The summed E-state index contributed by atoms with van der Waals surface area (Å²) in [6.07, 6.45) is -4.88. The molecule has 1 unspecified atom stereocenters. The molecule has 2 atom stereocenters. The maximum Gasteiger partial charge on any atom is 0.421 e. The van der Waals surface area contributed by atoms with Crippen LogP contribution in [-0.2, 0) is 25.8 Å². The molecule has 0 bridgehead atoms. The van der Waals surface area contributed by atoms with Crippen molar-refractivity contribution in [2.75, 3.05) is 51.7 Å². The van der Waals surface area contributed by atoms with Crippen molar-refractivity contribution in [2.24, 2.45) is 5.92 Å². The monoisotopic (exact) mass is 612 g/mol. The zero-order valence-electron chi connectivity index (χ0n) is 22.5. The van der Waals surface area contributed by atoms with Gasteiger partial charge in [-0.25, -0.2) is 8.42 Å². The third-order valence-electron chi connectivity index (χ3n) is 6.62. The lowest BCUT2D eigenvalue weighted by Crippen LogP contribution is -2.59. The fourth-order valence-corrected chi connectivity index (χ4v) is 8.28. The van der Waals surface area contributed by atoms with Crippen molar-refractivity contribution < 1.29 is 35.1 Å². The van der Waals surface area contributed by atoms with Crippen LogP contribution in [0, 0.1) is 5.92 Å². The molecule has 220 valence electrons. The van der Waals surface area contributed by atoms with Crippen molar-refractivity contribution in [1.29, 1.82) is 0 Å². The molecule has 0 radical (unpaired) electrons. The third kappa shape index (κ3) is 6.77. The summed E-state index contributed by atoms with van der Waals surface area (Å²) < 4.78 is 96.9. The highest BCUT2D eigenvalue weighted by Crippen LogP contribution is 2.39. The molecule has 0 saturated carbocycles. The molecule has 1 aromatic heterocycles. The van der Waals surface area contributed by atoms with E-state index in [2.05, 4.69) is 0 Å². The normalized spacial score (nSPS) is 19.7. The Morgan fingerprint density at radius 3 is 2.18 bits per heavy atom. The molecule has 15 heteroatoms. The minimum absolute atomic E-state index is 0.0217. The summed E-state index contributed by atoms with van der Waals surface area (Å²) in [5, 5.41) is 11.7. The van der Waals surface area contributed by atoms with Crippen molar-refractivity contribution in [3.63, 3.8) is 0 Å². The van der Waals surface area contributed by atoms with Gasteiger partial charge in [0.2, 0.25) is 0 Å². The number of aliphatic hydroxyl groups is 1. The molecule has 2 aromatic rings. The molecule has 0 aliphatic carbocycles. The van der Waals surface area contributed by atoms with Crippen molar-refractivity contribution in [3.05, 3.63) is 47.3 Å². The number of nitrogens with zero attached hydrogens (tertiary/aromatic N) is 4. The summed E-state index contributed by atoms with van der Waals surface area (Å²) in [5.41, 5.74) is -2.90. The molecular formula is C24H35F3N4O5S3. The molecule has 2 heterocycles. The second-order valence-electron chi connectivity index (χ2n) is 10.3. The quantitative estimate of drug-likeness (QED) is 0.443. The van der Waals surface area contributed by atoms with Gasteiger partial charge < -0.3 is 10.0 Å². The van der Waals surface area contributed by atoms with Gasteiger partial charge in [-0.3, -0.25) is 0 Å². The van der Waals surface area contributed by atoms with E-state index in [1.54, 1.807) is 11.4 Å². The Bertz CT molecular complexity index is 1310. The lowest BCUT2D eigenvalue weighted by molar-refractivity contribution is -0.258. The van der Waals surface area contributed by atoms with Crippen LogP contribution < -0.4 is 4.90 Å². The van der Waals surface area contributed by atoms with Gasteiger partial charge in [-0.1, -0.05) is 32.0 Å². The first-order valence-corrected chi connectivity index (χ1v) is 16.0. The van der Waals surface area contributed by atoms with Gasteiger partial charge in [-0.2, -0.15) is 34.5 Å². The van der Waals surface area contributed by atoms with E-state index in [1.807, 2.05) is 18.7 Å². The summed E-state index contributed by atoms with van der Waals surface area (Å²) in [7, 11) is -4.85. The summed E-state index contributed by atoms with van der Waals surface area (Å²) in [5.74, 6) is -0.0217. The van der Waals surface area contributed by atoms with Gasteiger partial charge in [0, 0.05) is 52.5 Å². The number of hydrogen-bond acceptors (Lipinski definition) is 7. The number of sulfonamides is 1. The van der Waals surface area contributed by atoms with Crippen LogP contribution >= 0.6 is 11.3 Å². The molecular weight excluding hydrogens is 577 g/mol. The largest absolute Gasteiger partial charge is 0.421 e. The second-order valence-corrected chi connectivity index (χ2v) is 15.5. The number of anilines is 1. The van der Waals surface area contributed by atoms with Crippen molar-refractivity contribution in [1.82, 2.24) is 12.9 Å². The smallest absolute Gasteiger partial charge is 0.376 e. The maximum absolute atomic E-state index is 13.3. The average molecular weight is 613 g/mol. The van der Waals surface area contributed by atoms with E-state index in [9.17, 15) is 35.1 Å². The highest BCUT2D eigenvalue weighted by molar-refractivity contribution is 7.91. The minimum atomic E-state index is -4.88. The molecule has 1 fully saturated rings. The van der Waals surface area contributed by atoms with Crippen LogP contribution in [-0.4, -0.2) is 93.9 Å². The van der Waals surface area contributed by atoms with E-state index in [-0.39, 0.29) is 48.4 Å². The highest BCUT2D eigenvalue weighted by Gasteiger charge is 2.51. The van der Waals surface area contributed by atoms with E-state index in [0.717, 1.165) is 15.6 Å². The zero-order valence-corrected chi connectivity index (χ0v) is 24.9. The molecule has 1 aliphatic heterocycles. The molecule has 1 aliphatic rings. The number of benzene rings is 1. The van der Waals surface area contributed by atoms with Crippen LogP contribution in [0.4, 0.5) is 18.9 Å². The van der Waals surface area contributed by atoms with Gasteiger partial charge in [-0.15, -0.1) is 11.3 Å². The van der Waals surface area contributed by atoms with Crippen LogP contribution in [0.1, 0.15) is 26.3 Å². The van der Waals surface area contributed by atoms with E-state index >= 15 is 0 Å². The Balaban J connectivity index is 2.00. The number of hydrogen-bond donors (Lipinski definition) is 1. The molecule has 1 N–H and O–H groups in total. The van der Waals surface area contributed by atoms with Gasteiger partial charge in [0.1, 0.15) is 4.21 Å². The standard InChI is InChI=1S/C24H35F3N4O5S3/c1-18(2)15-30(39(35,36)28(4)5)17-21-16-29(38(33,34)22-7-6-14-37-22)12-13-31(21)20-10-8-19(9-11-20)23(3,32)24(25,26)27/h6-11,14,18,21,32H,12-13,15-17H2,1-5H3/t21-,23?/m1/s1. The van der Waals surface area contributed by atoms with Crippen LogP contribution in [0.3, 0.4) is 0 Å². The van der Waals surface area contributed by atoms with E-state index in [0.29, 0.717) is 12.6 Å². The number of rotatable bonds is 10. The predicted molar refractivity (Wildman–Crippen MR) is 145 cm³/mol. The van der Waals surface area contributed by atoms with Crippen LogP contribution in [0.2, 0.25) is 0 Å². The van der Waals surface area contributed by atoms with Crippen molar-refractivity contribution >= 4 is 37.3 Å². The molecule has 0 spiro atoms. The Morgan fingerprint density at radius 1 is 1.08 bits per heavy atom. The average Bonchev–Trinajstić information content (AvgIpc) is 3.38. The van der Waals surface area contributed by atoms with Crippen LogP contribution in [0.15, 0.2) is 46.0 Å². The molecule has 3 rings (SSSR count). The van der Waals surface area contributed by atoms with Crippen LogP contribution in [0.5, 0.6) is 0 Å². The Labute approximate surface area is 232 Å². The topological polar surface area (TPSA) is 101 Å². The molecule has 9 nitrogen and oxygen atoms in total. The number of thiophene rings is 1. The molecule has 1 saturated heterocycles. The van der Waals surface area contributed by atoms with Gasteiger partial charge >= 0.3 is 6.18 Å². The summed E-state index contributed by atoms with van der Waals surface area (Å²) in [4.78, 5) is 1.81. The van der Waals surface area contributed by atoms with E-state index in [1.165, 1.54) is 53.0 Å². The molecule has 39 heavy (non-hydrogen) atoms. The predicted octanol–water partition coefficient (Wildman–Crippen LogP) is 3.16. The van der Waals surface area contributed by atoms with Crippen molar-refractivity contribution in [2.45, 2.75) is 42.8 Å². The van der Waals surface area contributed by atoms with Gasteiger partial charge in [-0.05, 0) is 42.0 Å². The van der Waals surface area contributed by atoms with E-state index < -0.39 is 38.1 Å². The van der Waals surface area contributed by atoms with Gasteiger partial charge in [0.05, 0.1) is 6.04 Å². The minimum Gasteiger partial charge on any atom is -0.376 e. The maximum atomic E-state index is 13.3. The fraction of sp³-hybridized carbons (Fsp3) is 0.583. The van der Waals surface area contributed by atoms with Gasteiger partial charge in [0.15, 0.2) is 5.60 Å². The zero-order chi connectivity index (χ0) is 29.4. The molecule has 0 amide bonds. The molecule has 1 aromatic carbocycles. The summed E-state index contributed by atoms with van der Waals surface area (Å²) in [6, 6.07) is 7.72. The van der Waals surface area contributed by atoms with E-state index in [4.69, 9.17) is 0 Å². The highest BCUT2D eigenvalue weighted by atomic mass is 32.2. The fourth-order valence-electron chi connectivity index (χ4n) is 4.36. The Kier molecular flexibility index (Phi) is 9.47. The summed E-state index contributed by atoms with van der Waals surface area (Å²) >= 11 is 1.09. The SMILES string of the molecule is CC(C)CN(C[C@H]1CN(S(=O)(=O)c2cccs2)CCN1c1ccc(C(C)(O)C(F)(F)F)cc1)S(=O)(=O)N(C)C. The lowest BCUT2D eigenvalue weighted by atomic mass is 9.95. The second kappa shape index (κ2) is 11.6. The number of piperazine rings is 1. The first-order valence-electron chi connectivity index (χ1n) is 12.3. The third-order valence-corrected chi connectivity index (χ3v) is 11.7. The Morgan fingerprint density at radius 2 is 1.69 bits per heavy atom. The summed E-state index contributed by atoms with van der Waals surface area (Å²) in [6.45, 7) is 4.82. The first-order chi connectivity index (χ1) is 17.9. The van der Waals surface area contributed by atoms with Crippen molar-refractivity contribution in [3.8, 4) is 0 Å². The number of halogens is 3. The van der Waals surface area contributed by atoms with Crippen LogP contribution in [0.25, 0.3) is 0 Å². The first kappa shape index (κ1) is 31.8. The lowest BCUT2D eigenvalue weighted by Gasteiger charge is -2.44. The number of alkyl halides is 3. The van der Waals surface area contributed by atoms with Gasteiger partial charge in [0.25, 0.3) is 20.2 Å². The Hall–Kier alpha value is -1.75.